The second kappa shape index (κ2) is 5.29. The van der Waals surface area contributed by atoms with Crippen molar-refractivity contribution in [3.63, 3.8) is 0 Å². The lowest BCUT2D eigenvalue weighted by molar-refractivity contribution is 0.761. The Labute approximate surface area is 130 Å². The molecule has 0 spiro atoms. The van der Waals surface area contributed by atoms with Crippen molar-refractivity contribution in [2.45, 2.75) is 25.8 Å². The van der Waals surface area contributed by atoms with E-state index in [0.29, 0.717) is 6.04 Å². The van der Waals surface area contributed by atoms with Crippen LogP contribution < -0.4 is 5.32 Å². The molecule has 19 heavy (non-hydrogen) atoms. The number of hydrogen-bond donors (Lipinski definition) is 1. The summed E-state index contributed by atoms with van der Waals surface area (Å²) in [6.07, 6.45) is 2.29. The first-order valence-corrected chi connectivity index (χ1v) is 8.04. The molecule has 0 saturated carbocycles. The highest BCUT2D eigenvalue weighted by Gasteiger charge is 2.24. The minimum atomic E-state index is 0.408. The van der Waals surface area contributed by atoms with E-state index in [9.17, 15) is 0 Å². The summed E-state index contributed by atoms with van der Waals surface area (Å²) in [5.74, 6) is 0. The zero-order valence-corrected chi connectivity index (χ0v) is 13.9. The molecule has 0 aromatic heterocycles. The number of benzene rings is 2. The van der Waals surface area contributed by atoms with Gasteiger partial charge in [0.25, 0.3) is 0 Å². The minimum Gasteiger partial charge on any atom is -0.377 e. The molecule has 1 N–H and O–H groups in total. The number of aryl methyl sites for hydroxylation is 1. The summed E-state index contributed by atoms with van der Waals surface area (Å²) in [6.45, 7) is 2.12. The van der Waals surface area contributed by atoms with Gasteiger partial charge in [-0.25, -0.2) is 0 Å². The lowest BCUT2D eigenvalue weighted by Gasteiger charge is -2.17. The molecule has 3 rings (SSSR count). The molecule has 1 aliphatic carbocycles. The summed E-state index contributed by atoms with van der Waals surface area (Å²) >= 11 is 7.32. The maximum Gasteiger partial charge on any atom is 0.0520 e. The van der Waals surface area contributed by atoms with Crippen molar-refractivity contribution in [2.24, 2.45) is 0 Å². The second-order valence-electron chi connectivity index (χ2n) is 4.98. The molecule has 3 heteroatoms. The molecular weight excluding hydrogens is 366 g/mol. The summed E-state index contributed by atoms with van der Waals surface area (Å²) in [7, 11) is 0. The van der Waals surface area contributed by atoms with Crippen LogP contribution in [0.15, 0.2) is 45.3 Å². The van der Waals surface area contributed by atoms with Gasteiger partial charge >= 0.3 is 0 Å². The van der Waals surface area contributed by atoms with E-state index < -0.39 is 0 Å². The van der Waals surface area contributed by atoms with E-state index in [4.69, 9.17) is 0 Å². The monoisotopic (exact) mass is 379 g/mol. The summed E-state index contributed by atoms with van der Waals surface area (Å²) in [5.41, 5.74) is 5.31. The van der Waals surface area contributed by atoms with Crippen LogP contribution in [0.25, 0.3) is 0 Å². The van der Waals surface area contributed by atoms with E-state index in [2.05, 4.69) is 80.5 Å². The summed E-state index contributed by atoms with van der Waals surface area (Å²) in [4.78, 5) is 0. The molecule has 1 atom stereocenters. The van der Waals surface area contributed by atoms with Gasteiger partial charge in [0, 0.05) is 14.6 Å². The maximum atomic E-state index is 3.67. The van der Waals surface area contributed by atoms with Gasteiger partial charge in [0.2, 0.25) is 0 Å². The van der Waals surface area contributed by atoms with Gasteiger partial charge in [0.05, 0.1) is 6.04 Å². The third kappa shape index (κ3) is 2.46. The van der Waals surface area contributed by atoms with Gasteiger partial charge in [-0.1, -0.05) is 40.2 Å². The number of hydrogen-bond acceptors (Lipinski definition) is 1. The van der Waals surface area contributed by atoms with Crippen molar-refractivity contribution in [2.75, 3.05) is 5.32 Å². The van der Waals surface area contributed by atoms with Crippen LogP contribution in [0.5, 0.6) is 0 Å². The van der Waals surface area contributed by atoms with E-state index in [0.717, 1.165) is 12.8 Å². The van der Waals surface area contributed by atoms with Gasteiger partial charge in [-0.2, -0.15) is 0 Å². The van der Waals surface area contributed by atoms with Crippen molar-refractivity contribution in [1.82, 2.24) is 0 Å². The zero-order valence-electron chi connectivity index (χ0n) is 10.7. The molecule has 2 aromatic rings. The van der Waals surface area contributed by atoms with Gasteiger partial charge in [-0.3, -0.25) is 0 Å². The Morgan fingerprint density at radius 2 is 1.89 bits per heavy atom. The predicted octanol–water partition coefficient (Wildman–Crippen LogP) is 5.62. The smallest absolute Gasteiger partial charge is 0.0520 e. The molecule has 0 heterocycles. The Morgan fingerprint density at radius 3 is 2.74 bits per heavy atom. The van der Waals surface area contributed by atoms with Gasteiger partial charge < -0.3 is 5.32 Å². The molecule has 1 aliphatic rings. The van der Waals surface area contributed by atoms with Crippen LogP contribution in [-0.4, -0.2) is 0 Å². The Kier molecular flexibility index (Phi) is 3.68. The predicted molar refractivity (Wildman–Crippen MR) is 87.7 cm³/mol. The summed E-state index contributed by atoms with van der Waals surface area (Å²) in [5, 5.41) is 3.67. The molecule has 0 radical (unpaired) electrons. The summed E-state index contributed by atoms with van der Waals surface area (Å²) < 4.78 is 2.40. The first-order chi connectivity index (χ1) is 9.16. The van der Waals surface area contributed by atoms with Gasteiger partial charge in [0.1, 0.15) is 0 Å². The number of fused-ring (bicyclic) bond motifs is 1. The molecule has 0 bridgehead atoms. The molecule has 0 saturated heterocycles. The van der Waals surface area contributed by atoms with Gasteiger partial charge in [0.15, 0.2) is 0 Å². The Hall–Kier alpha value is -0.800. The van der Waals surface area contributed by atoms with Crippen LogP contribution >= 0.6 is 31.9 Å². The highest BCUT2D eigenvalue weighted by Crippen LogP contribution is 2.39. The van der Waals surface area contributed by atoms with E-state index >= 15 is 0 Å². The third-order valence-electron chi connectivity index (χ3n) is 3.74. The standard InChI is InChI=1S/C16H15Br2N/c1-10-4-2-7-15(16(10)18)19-14-9-8-11-12(14)5-3-6-13(11)17/h2-7,14,19H,8-9H2,1H3. The molecule has 98 valence electrons. The summed E-state index contributed by atoms with van der Waals surface area (Å²) in [6, 6.07) is 13.2. The average molecular weight is 381 g/mol. The Morgan fingerprint density at radius 1 is 1.11 bits per heavy atom. The number of rotatable bonds is 2. The fourth-order valence-corrected chi connectivity index (χ4v) is 3.66. The van der Waals surface area contributed by atoms with Crippen LogP contribution in [0.3, 0.4) is 0 Å². The topological polar surface area (TPSA) is 12.0 Å². The molecule has 1 unspecified atom stereocenters. The number of halogens is 2. The normalized spacial score (nSPS) is 17.3. The average Bonchev–Trinajstić information content (AvgIpc) is 2.80. The molecule has 0 amide bonds. The highest BCUT2D eigenvalue weighted by molar-refractivity contribution is 9.11. The molecule has 0 aliphatic heterocycles. The van der Waals surface area contributed by atoms with Crippen molar-refractivity contribution >= 4 is 37.5 Å². The van der Waals surface area contributed by atoms with E-state index in [1.807, 2.05) is 0 Å². The van der Waals surface area contributed by atoms with Gasteiger partial charge in [-0.15, -0.1) is 0 Å². The first kappa shape index (κ1) is 13.2. The van der Waals surface area contributed by atoms with Crippen molar-refractivity contribution < 1.29 is 0 Å². The third-order valence-corrected chi connectivity index (χ3v) is 5.53. The first-order valence-electron chi connectivity index (χ1n) is 6.46. The van der Waals surface area contributed by atoms with Crippen LogP contribution in [0, 0.1) is 6.92 Å². The lowest BCUT2D eigenvalue weighted by Crippen LogP contribution is -2.07. The number of anilines is 1. The minimum absolute atomic E-state index is 0.408. The quantitative estimate of drug-likeness (QED) is 0.712. The molecule has 2 aromatic carbocycles. The van der Waals surface area contributed by atoms with Crippen LogP contribution in [-0.2, 0) is 6.42 Å². The van der Waals surface area contributed by atoms with Gasteiger partial charge in [-0.05, 0) is 64.5 Å². The fraction of sp³-hybridized carbons (Fsp3) is 0.250. The molecule has 1 nitrogen and oxygen atoms in total. The van der Waals surface area contributed by atoms with Crippen molar-refractivity contribution in [3.05, 3.63) is 62.0 Å². The zero-order chi connectivity index (χ0) is 13.4. The second-order valence-corrected chi connectivity index (χ2v) is 6.63. The van der Waals surface area contributed by atoms with Crippen molar-refractivity contribution in [1.29, 1.82) is 0 Å². The van der Waals surface area contributed by atoms with E-state index in [-0.39, 0.29) is 0 Å². The van der Waals surface area contributed by atoms with Crippen molar-refractivity contribution in [3.8, 4) is 0 Å². The largest absolute Gasteiger partial charge is 0.377 e. The Balaban J connectivity index is 1.91. The molecular formula is C16H15Br2N. The maximum absolute atomic E-state index is 3.67. The lowest BCUT2D eigenvalue weighted by atomic mass is 10.1. The van der Waals surface area contributed by atoms with E-state index in [1.54, 1.807) is 0 Å². The SMILES string of the molecule is Cc1cccc(NC2CCc3c(Br)cccc32)c1Br. The van der Waals surface area contributed by atoms with Crippen LogP contribution in [0.4, 0.5) is 5.69 Å². The molecule has 0 fully saturated rings. The van der Waals surface area contributed by atoms with Crippen LogP contribution in [0.2, 0.25) is 0 Å². The number of nitrogens with one attached hydrogen (secondary N) is 1. The van der Waals surface area contributed by atoms with Crippen LogP contribution in [0.1, 0.15) is 29.2 Å². The highest BCUT2D eigenvalue weighted by atomic mass is 79.9. The van der Waals surface area contributed by atoms with E-state index in [1.165, 1.54) is 31.3 Å². The Bertz CT molecular complexity index is 622. The fourth-order valence-electron chi connectivity index (χ4n) is 2.71.